The third-order valence-electron chi connectivity index (χ3n) is 3.38. The Morgan fingerprint density at radius 1 is 1.26 bits per heavy atom. The number of rotatable bonds is 8. The molecule has 1 amide bonds. The average Bonchev–Trinajstić information content (AvgIpc) is 2.47. The van der Waals surface area contributed by atoms with Gasteiger partial charge in [-0.05, 0) is 36.5 Å². The van der Waals surface area contributed by atoms with E-state index in [0.29, 0.717) is 5.02 Å². The summed E-state index contributed by atoms with van der Waals surface area (Å²) in [5, 5.41) is 22.0. The lowest BCUT2D eigenvalue weighted by Gasteiger charge is -2.22. The van der Waals surface area contributed by atoms with Crippen molar-refractivity contribution in [1.29, 1.82) is 0 Å². The molecule has 0 aliphatic heterocycles. The summed E-state index contributed by atoms with van der Waals surface area (Å²) < 4.78 is 0. The number of carbonyl (C=O) groups is 2. The van der Waals surface area contributed by atoms with Crippen molar-refractivity contribution in [1.82, 2.24) is 5.32 Å². The van der Waals surface area contributed by atoms with Crippen LogP contribution in [0, 0.1) is 5.92 Å². The van der Waals surface area contributed by atoms with E-state index in [9.17, 15) is 14.7 Å². The van der Waals surface area contributed by atoms with Gasteiger partial charge in [-0.15, -0.1) is 0 Å². The number of aliphatic carboxylic acids is 1. The zero-order valence-corrected chi connectivity index (χ0v) is 14.0. The van der Waals surface area contributed by atoms with Crippen LogP contribution in [-0.4, -0.2) is 40.3 Å². The number of hydrogen-bond donors (Lipinski definition) is 4. The normalized spacial score (nSPS) is 15.0. The molecule has 0 radical (unpaired) electrons. The summed E-state index contributed by atoms with van der Waals surface area (Å²) >= 11 is 5.79. The van der Waals surface area contributed by atoms with Gasteiger partial charge < -0.3 is 21.3 Å². The molecule has 1 rings (SSSR count). The highest BCUT2D eigenvalue weighted by atomic mass is 35.5. The van der Waals surface area contributed by atoms with E-state index in [0.717, 1.165) is 5.56 Å². The van der Waals surface area contributed by atoms with Gasteiger partial charge in [0, 0.05) is 11.1 Å². The van der Waals surface area contributed by atoms with Crippen LogP contribution in [0.1, 0.15) is 25.8 Å². The second-order valence-electron chi connectivity index (χ2n) is 5.97. The molecule has 3 atom stereocenters. The molecule has 7 heteroatoms. The third kappa shape index (κ3) is 6.56. The van der Waals surface area contributed by atoms with Gasteiger partial charge in [0.25, 0.3) is 5.91 Å². The van der Waals surface area contributed by atoms with Crippen LogP contribution < -0.4 is 11.1 Å². The fourth-order valence-electron chi connectivity index (χ4n) is 2.15. The number of carboxylic acid groups (broad SMARTS) is 1. The van der Waals surface area contributed by atoms with E-state index in [4.69, 9.17) is 22.4 Å². The van der Waals surface area contributed by atoms with E-state index in [1.807, 2.05) is 13.8 Å². The summed E-state index contributed by atoms with van der Waals surface area (Å²) in [5.41, 5.74) is 6.67. The number of nitrogens with one attached hydrogen (secondary N) is 1. The smallest absolute Gasteiger partial charge is 0.326 e. The van der Waals surface area contributed by atoms with E-state index in [1.54, 1.807) is 24.3 Å². The molecule has 1 aromatic carbocycles. The van der Waals surface area contributed by atoms with Gasteiger partial charge in [-0.1, -0.05) is 37.6 Å². The molecule has 0 fully saturated rings. The van der Waals surface area contributed by atoms with E-state index in [-0.39, 0.29) is 18.8 Å². The van der Waals surface area contributed by atoms with Crippen molar-refractivity contribution in [3.8, 4) is 0 Å². The Morgan fingerprint density at radius 3 is 2.30 bits per heavy atom. The molecule has 0 bridgehead atoms. The number of hydrogen-bond acceptors (Lipinski definition) is 4. The fourth-order valence-corrected chi connectivity index (χ4v) is 2.27. The maximum Gasteiger partial charge on any atom is 0.326 e. The Bertz CT molecular complexity index is 533. The average molecular weight is 343 g/mol. The summed E-state index contributed by atoms with van der Waals surface area (Å²) in [6.45, 7) is 3.70. The van der Waals surface area contributed by atoms with Gasteiger partial charge in [0.05, 0.1) is 0 Å². The molecule has 0 saturated carbocycles. The molecule has 23 heavy (non-hydrogen) atoms. The number of benzene rings is 1. The maximum absolute atomic E-state index is 12.0. The van der Waals surface area contributed by atoms with Crippen molar-refractivity contribution in [3.05, 3.63) is 34.9 Å². The Morgan fingerprint density at radius 2 is 1.83 bits per heavy atom. The van der Waals surface area contributed by atoms with Crippen LogP contribution in [0.25, 0.3) is 0 Å². The van der Waals surface area contributed by atoms with Gasteiger partial charge in [-0.25, -0.2) is 4.79 Å². The second-order valence-corrected chi connectivity index (χ2v) is 6.40. The number of aliphatic hydroxyl groups excluding tert-OH is 1. The predicted molar refractivity (Wildman–Crippen MR) is 88.2 cm³/mol. The molecular weight excluding hydrogens is 320 g/mol. The van der Waals surface area contributed by atoms with Crippen molar-refractivity contribution >= 4 is 23.5 Å². The van der Waals surface area contributed by atoms with Gasteiger partial charge in [0.15, 0.2) is 0 Å². The van der Waals surface area contributed by atoms with Crippen LogP contribution in [0.2, 0.25) is 5.02 Å². The molecule has 0 aliphatic carbocycles. The SMILES string of the molecule is CC(C)C[C@H](NC(=O)[C@H](O)[C@H](N)Cc1ccc(Cl)cc1)C(=O)O. The molecule has 0 aliphatic rings. The molecule has 6 nitrogen and oxygen atoms in total. The zero-order valence-electron chi connectivity index (χ0n) is 13.2. The molecule has 0 spiro atoms. The summed E-state index contributed by atoms with van der Waals surface area (Å²) in [7, 11) is 0. The molecular formula is C16H23ClN2O4. The first kappa shape index (κ1) is 19.4. The van der Waals surface area contributed by atoms with Crippen molar-refractivity contribution in [2.24, 2.45) is 11.7 Å². The summed E-state index contributed by atoms with van der Waals surface area (Å²) in [4.78, 5) is 23.1. The van der Waals surface area contributed by atoms with Gasteiger partial charge in [0.2, 0.25) is 0 Å². The lowest BCUT2D eigenvalue weighted by molar-refractivity contribution is -0.144. The van der Waals surface area contributed by atoms with Crippen molar-refractivity contribution in [2.45, 2.75) is 44.9 Å². The minimum atomic E-state index is -1.49. The molecule has 1 aromatic rings. The Hall–Kier alpha value is -1.63. The lowest BCUT2D eigenvalue weighted by atomic mass is 10.00. The first-order valence-corrected chi connectivity index (χ1v) is 7.79. The van der Waals surface area contributed by atoms with Crippen LogP contribution in [-0.2, 0) is 16.0 Å². The number of halogens is 1. The number of aliphatic hydroxyl groups is 1. The molecule has 5 N–H and O–H groups in total. The largest absolute Gasteiger partial charge is 0.480 e. The minimum Gasteiger partial charge on any atom is -0.480 e. The summed E-state index contributed by atoms with van der Waals surface area (Å²) in [6.07, 6.45) is -0.937. The number of amides is 1. The molecule has 0 saturated heterocycles. The molecule has 0 unspecified atom stereocenters. The van der Waals surface area contributed by atoms with E-state index >= 15 is 0 Å². The minimum absolute atomic E-state index is 0.0938. The third-order valence-corrected chi connectivity index (χ3v) is 3.63. The van der Waals surface area contributed by atoms with Crippen LogP contribution >= 0.6 is 11.6 Å². The van der Waals surface area contributed by atoms with E-state index in [2.05, 4.69) is 5.32 Å². The first-order chi connectivity index (χ1) is 10.7. The Balaban J connectivity index is 2.63. The Kier molecular flexibility index (Phi) is 7.48. The summed E-state index contributed by atoms with van der Waals surface area (Å²) in [5.74, 6) is -1.82. The quantitative estimate of drug-likeness (QED) is 0.566. The standard InChI is InChI=1S/C16H23ClN2O4/c1-9(2)7-13(16(22)23)19-15(21)14(20)12(18)8-10-3-5-11(17)6-4-10/h3-6,9,12-14,20H,7-8,18H2,1-2H3,(H,19,21)(H,22,23)/t12-,13+,14-/m1/s1. The van der Waals surface area contributed by atoms with Crippen LogP contribution in [0.5, 0.6) is 0 Å². The highest BCUT2D eigenvalue weighted by molar-refractivity contribution is 6.30. The highest BCUT2D eigenvalue weighted by Crippen LogP contribution is 2.12. The van der Waals surface area contributed by atoms with Gasteiger partial charge in [-0.3, -0.25) is 4.79 Å². The highest BCUT2D eigenvalue weighted by Gasteiger charge is 2.28. The van der Waals surface area contributed by atoms with Crippen molar-refractivity contribution < 1.29 is 19.8 Å². The topological polar surface area (TPSA) is 113 Å². The first-order valence-electron chi connectivity index (χ1n) is 7.42. The number of carbonyl (C=O) groups excluding carboxylic acids is 1. The second kappa shape index (κ2) is 8.86. The zero-order chi connectivity index (χ0) is 17.6. The van der Waals surface area contributed by atoms with Crippen LogP contribution in [0.4, 0.5) is 0 Å². The van der Waals surface area contributed by atoms with E-state index in [1.165, 1.54) is 0 Å². The maximum atomic E-state index is 12.0. The van der Waals surface area contributed by atoms with Crippen molar-refractivity contribution in [2.75, 3.05) is 0 Å². The molecule has 0 aromatic heterocycles. The van der Waals surface area contributed by atoms with Crippen LogP contribution in [0.15, 0.2) is 24.3 Å². The molecule has 128 valence electrons. The van der Waals surface area contributed by atoms with Crippen LogP contribution in [0.3, 0.4) is 0 Å². The fraction of sp³-hybridized carbons (Fsp3) is 0.500. The van der Waals surface area contributed by atoms with Gasteiger partial charge in [-0.2, -0.15) is 0 Å². The lowest BCUT2D eigenvalue weighted by Crippen LogP contribution is -2.52. The molecule has 0 heterocycles. The van der Waals surface area contributed by atoms with E-state index < -0.39 is 30.1 Å². The van der Waals surface area contributed by atoms with Gasteiger partial charge >= 0.3 is 5.97 Å². The Labute approximate surface area is 140 Å². The monoisotopic (exact) mass is 342 g/mol. The van der Waals surface area contributed by atoms with Gasteiger partial charge in [0.1, 0.15) is 12.1 Å². The summed E-state index contributed by atoms with van der Waals surface area (Å²) in [6, 6.07) is 5.01. The predicted octanol–water partition coefficient (Wildman–Crippen LogP) is 1.19. The number of carboxylic acids is 1. The number of nitrogens with two attached hydrogens (primary N) is 1. The van der Waals surface area contributed by atoms with Crippen molar-refractivity contribution in [3.63, 3.8) is 0 Å².